The van der Waals surface area contributed by atoms with Gasteiger partial charge in [-0.2, -0.15) is 19.7 Å². The van der Waals surface area contributed by atoms with Gasteiger partial charge < -0.3 is 4.74 Å². The Labute approximate surface area is 214 Å². The predicted molar refractivity (Wildman–Crippen MR) is 143 cm³/mol. The molecule has 0 unspecified atom stereocenters. The van der Waals surface area contributed by atoms with Gasteiger partial charge in [-0.1, -0.05) is 59.9 Å². The van der Waals surface area contributed by atoms with Crippen molar-refractivity contribution in [3.8, 4) is 34.0 Å². The Balaban J connectivity index is 1.53. The van der Waals surface area contributed by atoms with E-state index in [9.17, 15) is 9.59 Å². The van der Waals surface area contributed by atoms with Crippen LogP contribution in [0.1, 0.15) is 5.56 Å². The van der Waals surface area contributed by atoms with E-state index in [1.54, 1.807) is 42.1 Å². The van der Waals surface area contributed by atoms with E-state index < -0.39 is 5.56 Å². The highest BCUT2D eigenvalue weighted by molar-refractivity contribution is 7.15. The Morgan fingerprint density at radius 3 is 2.19 bits per heavy atom. The SMILES string of the molecule is COc1ccc(-c2nn(-c3ccccc3)cc2C=c2sc3nc(=O)c(-c4ccccc4)nn3c2=O)cc1. The highest BCUT2D eigenvalue weighted by Gasteiger charge is 2.15. The van der Waals surface area contributed by atoms with Gasteiger partial charge in [-0.3, -0.25) is 9.59 Å². The van der Waals surface area contributed by atoms with Gasteiger partial charge in [0.1, 0.15) is 11.4 Å². The molecule has 180 valence electrons. The normalized spacial score (nSPS) is 11.8. The van der Waals surface area contributed by atoms with Crippen molar-refractivity contribution in [3.63, 3.8) is 0 Å². The van der Waals surface area contributed by atoms with Crippen molar-refractivity contribution < 1.29 is 4.74 Å². The molecule has 0 aliphatic heterocycles. The molecule has 0 radical (unpaired) electrons. The molecule has 0 atom stereocenters. The first-order valence-electron chi connectivity index (χ1n) is 11.4. The molecular formula is C28H19N5O3S. The minimum atomic E-state index is -0.477. The van der Waals surface area contributed by atoms with Gasteiger partial charge in [0.05, 0.1) is 17.3 Å². The summed E-state index contributed by atoms with van der Waals surface area (Å²) in [6, 6.07) is 26.3. The molecule has 6 rings (SSSR count). The molecule has 0 N–H and O–H groups in total. The van der Waals surface area contributed by atoms with E-state index in [1.807, 2.05) is 66.9 Å². The zero-order valence-electron chi connectivity index (χ0n) is 19.6. The standard InChI is InChI=1S/C28H19N5O3S/c1-36-22-14-12-19(13-15-22)24-20(17-32(30-24)21-10-6-3-7-11-21)16-23-27(35)33-28(37-23)29-26(34)25(31-33)18-8-4-2-5-9-18/h2-17H,1H3. The van der Waals surface area contributed by atoms with Gasteiger partial charge in [0.25, 0.3) is 5.56 Å². The molecule has 0 amide bonds. The topological polar surface area (TPSA) is 91.4 Å². The van der Waals surface area contributed by atoms with Crippen LogP contribution in [0.25, 0.3) is 39.2 Å². The van der Waals surface area contributed by atoms with Crippen LogP contribution in [0.2, 0.25) is 0 Å². The Morgan fingerprint density at radius 1 is 0.811 bits per heavy atom. The highest BCUT2D eigenvalue weighted by Crippen LogP contribution is 2.26. The van der Waals surface area contributed by atoms with Gasteiger partial charge in [-0.15, -0.1) is 0 Å². The number of fused-ring (bicyclic) bond motifs is 1. The van der Waals surface area contributed by atoms with Crippen LogP contribution in [0.3, 0.4) is 0 Å². The summed E-state index contributed by atoms with van der Waals surface area (Å²) >= 11 is 1.12. The summed E-state index contributed by atoms with van der Waals surface area (Å²) in [5, 5.41) is 9.16. The molecule has 0 fully saturated rings. The molecule has 37 heavy (non-hydrogen) atoms. The van der Waals surface area contributed by atoms with Crippen LogP contribution in [-0.4, -0.2) is 31.5 Å². The second kappa shape index (κ2) is 9.29. The third-order valence-corrected chi connectivity index (χ3v) is 6.81. The number of nitrogens with zero attached hydrogens (tertiary/aromatic N) is 5. The second-order valence-corrected chi connectivity index (χ2v) is 9.19. The summed E-state index contributed by atoms with van der Waals surface area (Å²) in [5.74, 6) is 0.735. The zero-order chi connectivity index (χ0) is 25.4. The summed E-state index contributed by atoms with van der Waals surface area (Å²) in [6.45, 7) is 0. The van der Waals surface area contributed by atoms with Gasteiger partial charge in [0.15, 0.2) is 5.69 Å². The minimum Gasteiger partial charge on any atom is -0.497 e. The van der Waals surface area contributed by atoms with Gasteiger partial charge in [0.2, 0.25) is 4.96 Å². The van der Waals surface area contributed by atoms with Crippen LogP contribution in [0.5, 0.6) is 5.75 Å². The zero-order valence-corrected chi connectivity index (χ0v) is 20.4. The number of aromatic nitrogens is 5. The van der Waals surface area contributed by atoms with Crippen LogP contribution >= 0.6 is 11.3 Å². The Hall–Kier alpha value is -4.89. The van der Waals surface area contributed by atoms with Crippen molar-refractivity contribution in [2.75, 3.05) is 7.11 Å². The molecule has 0 aliphatic rings. The average Bonchev–Trinajstić information content (AvgIpc) is 3.50. The fraction of sp³-hybridized carbons (Fsp3) is 0.0357. The highest BCUT2D eigenvalue weighted by atomic mass is 32.1. The minimum absolute atomic E-state index is 0.135. The Morgan fingerprint density at radius 2 is 1.49 bits per heavy atom. The lowest BCUT2D eigenvalue weighted by atomic mass is 10.1. The van der Waals surface area contributed by atoms with E-state index >= 15 is 0 Å². The van der Waals surface area contributed by atoms with Crippen LogP contribution in [-0.2, 0) is 0 Å². The first-order valence-corrected chi connectivity index (χ1v) is 12.2. The molecule has 0 saturated heterocycles. The van der Waals surface area contributed by atoms with Crippen LogP contribution < -0.4 is 20.4 Å². The molecule has 0 saturated carbocycles. The fourth-order valence-electron chi connectivity index (χ4n) is 4.01. The quantitative estimate of drug-likeness (QED) is 0.356. The summed E-state index contributed by atoms with van der Waals surface area (Å²) in [6.07, 6.45) is 3.64. The molecule has 0 bridgehead atoms. The lowest BCUT2D eigenvalue weighted by molar-refractivity contribution is 0.415. The van der Waals surface area contributed by atoms with Crippen molar-refractivity contribution in [1.29, 1.82) is 0 Å². The third kappa shape index (κ3) is 4.21. The van der Waals surface area contributed by atoms with Crippen molar-refractivity contribution in [2.24, 2.45) is 0 Å². The Bertz CT molecular complexity index is 1890. The van der Waals surface area contributed by atoms with Gasteiger partial charge in [-0.05, 0) is 42.5 Å². The molecular weight excluding hydrogens is 486 g/mol. The lowest BCUT2D eigenvalue weighted by Crippen LogP contribution is -2.26. The number of para-hydroxylation sites is 1. The number of rotatable bonds is 5. The maximum atomic E-state index is 13.3. The van der Waals surface area contributed by atoms with E-state index in [0.29, 0.717) is 15.8 Å². The monoisotopic (exact) mass is 505 g/mol. The maximum absolute atomic E-state index is 13.3. The summed E-state index contributed by atoms with van der Waals surface area (Å²) in [4.78, 5) is 30.4. The number of benzene rings is 3. The number of hydrogen-bond acceptors (Lipinski definition) is 7. The van der Waals surface area contributed by atoms with Crippen molar-refractivity contribution in [2.45, 2.75) is 0 Å². The largest absolute Gasteiger partial charge is 0.497 e. The van der Waals surface area contributed by atoms with Gasteiger partial charge in [0, 0.05) is 22.9 Å². The molecule has 6 aromatic rings. The van der Waals surface area contributed by atoms with Crippen molar-refractivity contribution >= 4 is 22.4 Å². The van der Waals surface area contributed by atoms with Gasteiger partial charge >= 0.3 is 5.56 Å². The Kier molecular flexibility index (Phi) is 5.66. The second-order valence-electron chi connectivity index (χ2n) is 8.18. The van der Waals surface area contributed by atoms with Crippen LogP contribution in [0, 0.1) is 0 Å². The van der Waals surface area contributed by atoms with Crippen LogP contribution in [0.4, 0.5) is 0 Å². The smallest absolute Gasteiger partial charge is 0.300 e. The summed E-state index contributed by atoms with van der Waals surface area (Å²) < 4.78 is 8.65. The van der Waals surface area contributed by atoms with E-state index in [-0.39, 0.29) is 16.2 Å². The number of methoxy groups -OCH3 is 1. The van der Waals surface area contributed by atoms with Crippen molar-refractivity contribution in [3.05, 3.63) is 122 Å². The fourth-order valence-corrected chi connectivity index (χ4v) is 4.90. The number of thiazole rings is 1. The average molecular weight is 506 g/mol. The molecule has 3 aromatic heterocycles. The summed E-state index contributed by atoms with van der Waals surface area (Å²) in [5.41, 5.74) is 3.11. The maximum Gasteiger partial charge on any atom is 0.300 e. The van der Waals surface area contributed by atoms with E-state index in [4.69, 9.17) is 9.84 Å². The molecule has 9 heteroatoms. The predicted octanol–water partition coefficient (Wildman–Crippen LogP) is 3.59. The molecule has 3 aromatic carbocycles. The first-order chi connectivity index (χ1) is 18.1. The van der Waals surface area contributed by atoms with E-state index in [1.165, 1.54) is 4.52 Å². The molecule has 0 spiro atoms. The number of hydrogen-bond donors (Lipinski definition) is 0. The van der Waals surface area contributed by atoms with E-state index in [2.05, 4.69) is 10.1 Å². The van der Waals surface area contributed by atoms with Gasteiger partial charge in [-0.25, -0.2) is 4.68 Å². The number of ether oxygens (including phenoxy) is 1. The molecule has 0 aliphatic carbocycles. The van der Waals surface area contributed by atoms with Crippen LogP contribution in [0.15, 0.2) is 101 Å². The van der Waals surface area contributed by atoms with Crippen molar-refractivity contribution in [1.82, 2.24) is 24.4 Å². The third-order valence-electron chi connectivity index (χ3n) is 5.85. The summed E-state index contributed by atoms with van der Waals surface area (Å²) in [7, 11) is 1.62. The lowest BCUT2D eigenvalue weighted by Gasteiger charge is -2.02. The van der Waals surface area contributed by atoms with E-state index in [0.717, 1.165) is 33.9 Å². The molecule has 8 nitrogen and oxygen atoms in total. The molecule has 3 heterocycles. The first kappa shape index (κ1) is 22.6.